The number of hydrogen-bond acceptors (Lipinski definition) is 7. The van der Waals surface area contributed by atoms with Gasteiger partial charge in [0.1, 0.15) is 24.2 Å². The second-order valence-electron chi connectivity index (χ2n) is 8.27. The number of carbonyl (C=O) groups is 1. The van der Waals surface area contributed by atoms with Crippen molar-refractivity contribution in [3.8, 4) is 11.5 Å². The van der Waals surface area contributed by atoms with Gasteiger partial charge >= 0.3 is 6.09 Å². The highest BCUT2D eigenvalue weighted by Gasteiger charge is 2.15. The van der Waals surface area contributed by atoms with Crippen molar-refractivity contribution >= 4 is 17.7 Å². The van der Waals surface area contributed by atoms with Crippen LogP contribution < -0.4 is 26.3 Å². The largest absolute Gasteiger partial charge is 0.491 e. The molecule has 0 aliphatic heterocycles. The fraction of sp³-hybridized carbons (Fsp3) is 0.360. The highest BCUT2D eigenvalue weighted by atomic mass is 16.6. The van der Waals surface area contributed by atoms with E-state index in [4.69, 9.17) is 25.7 Å². The van der Waals surface area contributed by atoms with Crippen molar-refractivity contribution in [2.45, 2.75) is 39.2 Å². The van der Waals surface area contributed by atoms with E-state index in [-0.39, 0.29) is 12.0 Å². The molecule has 1 amide bonds. The van der Waals surface area contributed by atoms with Crippen molar-refractivity contribution in [3.05, 3.63) is 65.5 Å². The Morgan fingerprint density at radius 3 is 2.50 bits per heavy atom. The topological polar surface area (TPSA) is 138 Å². The Morgan fingerprint density at radius 1 is 1.12 bits per heavy atom. The van der Waals surface area contributed by atoms with Crippen molar-refractivity contribution in [1.29, 1.82) is 0 Å². The van der Waals surface area contributed by atoms with Crippen LogP contribution in [0.5, 0.6) is 11.5 Å². The number of aryl methyl sites for hydroxylation is 1. The van der Waals surface area contributed by atoms with E-state index in [0.29, 0.717) is 55.0 Å². The average molecular weight is 468 g/mol. The number of ether oxygens (including phenoxy) is 3. The normalized spacial score (nSPS) is 11.9. The molecule has 1 heterocycles. The third-order valence-corrected chi connectivity index (χ3v) is 5.12. The minimum atomic E-state index is -0.568. The lowest BCUT2D eigenvalue weighted by molar-refractivity contribution is 0.0270. The first-order chi connectivity index (χ1) is 16.3. The Labute approximate surface area is 199 Å². The molecule has 9 nitrogen and oxygen atoms in total. The van der Waals surface area contributed by atoms with Crippen LogP contribution in [0, 0.1) is 6.92 Å². The van der Waals surface area contributed by atoms with Gasteiger partial charge in [-0.15, -0.1) is 0 Å². The fourth-order valence-electron chi connectivity index (χ4n) is 3.29. The number of imidazole rings is 1. The number of aromatic amines is 1. The number of nitrogens with zero attached hydrogens (tertiary/aromatic N) is 1. The quantitative estimate of drug-likeness (QED) is 0.304. The number of nitrogen functional groups attached to an aromatic ring is 1. The molecule has 34 heavy (non-hydrogen) atoms. The summed E-state index contributed by atoms with van der Waals surface area (Å²) in [6, 6.07) is 12.9. The summed E-state index contributed by atoms with van der Waals surface area (Å²) in [5.41, 5.74) is 14.8. The molecule has 1 unspecified atom stereocenters. The highest BCUT2D eigenvalue weighted by Crippen LogP contribution is 2.28. The molecule has 3 rings (SSSR count). The third kappa shape index (κ3) is 7.50. The third-order valence-electron chi connectivity index (χ3n) is 5.12. The molecule has 0 bridgehead atoms. The Hall–Kier alpha value is -3.56. The van der Waals surface area contributed by atoms with E-state index in [9.17, 15) is 4.79 Å². The van der Waals surface area contributed by atoms with Crippen molar-refractivity contribution in [3.63, 3.8) is 0 Å². The summed E-state index contributed by atoms with van der Waals surface area (Å²) < 4.78 is 17.3. The molecule has 3 aromatic rings. The zero-order chi connectivity index (χ0) is 24.5. The summed E-state index contributed by atoms with van der Waals surface area (Å²) in [6.45, 7) is 7.19. The van der Waals surface area contributed by atoms with Gasteiger partial charge in [0.05, 0.1) is 12.3 Å². The minimum Gasteiger partial charge on any atom is -0.491 e. The molecule has 2 aromatic carbocycles. The number of carbonyl (C=O) groups excluding carboxylic acids is 1. The fourth-order valence-corrected chi connectivity index (χ4v) is 3.29. The zero-order valence-electron chi connectivity index (χ0n) is 19.8. The molecule has 182 valence electrons. The van der Waals surface area contributed by atoms with E-state index >= 15 is 0 Å². The van der Waals surface area contributed by atoms with Gasteiger partial charge in [-0.3, -0.25) is 5.32 Å². The monoisotopic (exact) mass is 467 g/mol. The number of nitrogens with one attached hydrogen (secondary N) is 2. The average Bonchev–Trinajstić information content (AvgIpc) is 3.23. The predicted molar refractivity (Wildman–Crippen MR) is 132 cm³/mol. The minimum absolute atomic E-state index is 0.223. The van der Waals surface area contributed by atoms with E-state index in [1.165, 1.54) is 0 Å². The number of amides is 1. The SMILES string of the molecule is Cc1ccc(NC(=O)Oc2cc(OCCOC(CCN)c3c[nH]c(N)n3)cc(C(C)C)c2)cc1. The Morgan fingerprint density at radius 2 is 1.85 bits per heavy atom. The van der Waals surface area contributed by atoms with E-state index in [1.807, 2.05) is 43.3 Å². The number of nitrogens with two attached hydrogens (primary N) is 2. The van der Waals surface area contributed by atoms with Gasteiger partial charge in [0.25, 0.3) is 0 Å². The first-order valence-corrected chi connectivity index (χ1v) is 11.3. The van der Waals surface area contributed by atoms with Gasteiger partial charge in [0.15, 0.2) is 5.95 Å². The number of anilines is 2. The number of hydrogen-bond donors (Lipinski definition) is 4. The molecule has 9 heteroatoms. The summed E-state index contributed by atoms with van der Waals surface area (Å²) in [5.74, 6) is 1.55. The molecule has 1 atom stereocenters. The Balaban J connectivity index is 1.59. The number of aromatic nitrogens is 2. The lowest BCUT2D eigenvalue weighted by atomic mass is 10.0. The first-order valence-electron chi connectivity index (χ1n) is 11.3. The second-order valence-corrected chi connectivity index (χ2v) is 8.27. The maximum absolute atomic E-state index is 12.4. The smallest absolute Gasteiger partial charge is 0.417 e. The van der Waals surface area contributed by atoms with E-state index in [0.717, 1.165) is 11.1 Å². The molecule has 0 spiro atoms. The lowest BCUT2D eigenvalue weighted by Gasteiger charge is -2.16. The number of benzene rings is 2. The van der Waals surface area contributed by atoms with Crippen LogP contribution in [0.1, 0.15) is 49.1 Å². The maximum Gasteiger partial charge on any atom is 0.417 e. The van der Waals surface area contributed by atoms with Crippen molar-refractivity contribution in [2.24, 2.45) is 5.73 Å². The second kappa shape index (κ2) is 12.1. The standard InChI is InChI=1S/C25H33N5O4/c1-16(2)18-12-20(32-10-11-33-23(8-9-26)22-15-28-24(27)30-22)14-21(13-18)34-25(31)29-19-6-4-17(3)5-7-19/h4-7,12-16,23H,8-11,26H2,1-3H3,(H,29,31)(H3,27,28,30). The summed E-state index contributed by atoms with van der Waals surface area (Å²) >= 11 is 0. The van der Waals surface area contributed by atoms with Crippen LogP contribution in [0.4, 0.5) is 16.4 Å². The summed E-state index contributed by atoms with van der Waals surface area (Å²) in [4.78, 5) is 19.4. The van der Waals surface area contributed by atoms with E-state index < -0.39 is 6.09 Å². The van der Waals surface area contributed by atoms with Gasteiger partial charge in [-0.2, -0.15) is 0 Å². The Kier molecular flexibility index (Phi) is 8.89. The van der Waals surface area contributed by atoms with Crippen LogP contribution in [0.25, 0.3) is 0 Å². The Bertz CT molecular complexity index is 1070. The van der Waals surface area contributed by atoms with Crippen LogP contribution in [0.2, 0.25) is 0 Å². The van der Waals surface area contributed by atoms with Crippen molar-refractivity contribution < 1.29 is 19.0 Å². The number of H-pyrrole nitrogens is 1. The van der Waals surface area contributed by atoms with Crippen LogP contribution in [-0.2, 0) is 4.74 Å². The molecular weight excluding hydrogens is 434 g/mol. The molecule has 0 radical (unpaired) electrons. The van der Waals surface area contributed by atoms with Gasteiger partial charge in [-0.1, -0.05) is 31.5 Å². The van der Waals surface area contributed by atoms with Gasteiger partial charge < -0.3 is 30.7 Å². The summed E-state index contributed by atoms with van der Waals surface area (Å²) in [7, 11) is 0. The van der Waals surface area contributed by atoms with Gasteiger partial charge in [-0.05, 0) is 55.6 Å². The van der Waals surface area contributed by atoms with Crippen molar-refractivity contribution in [2.75, 3.05) is 30.8 Å². The first kappa shape index (κ1) is 25.1. The molecule has 6 N–H and O–H groups in total. The van der Waals surface area contributed by atoms with E-state index in [1.54, 1.807) is 12.3 Å². The molecule has 0 aliphatic rings. The molecular formula is C25H33N5O4. The van der Waals surface area contributed by atoms with E-state index in [2.05, 4.69) is 29.1 Å². The molecule has 0 saturated carbocycles. The van der Waals surface area contributed by atoms with Crippen molar-refractivity contribution in [1.82, 2.24) is 9.97 Å². The highest BCUT2D eigenvalue weighted by molar-refractivity contribution is 5.86. The van der Waals surface area contributed by atoms with Crippen LogP contribution in [0.3, 0.4) is 0 Å². The molecule has 0 aliphatic carbocycles. The summed E-state index contributed by atoms with van der Waals surface area (Å²) in [6.07, 6.45) is 1.49. The van der Waals surface area contributed by atoms with Gasteiger partial charge in [0, 0.05) is 18.0 Å². The predicted octanol–water partition coefficient (Wildman–Crippen LogP) is 4.52. The molecule has 1 aromatic heterocycles. The van der Waals surface area contributed by atoms with Gasteiger partial charge in [0.2, 0.25) is 0 Å². The summed E-state index contributed by atoms with van der Waals surface area (Å²) in [5, 5.41) is 2.73. The van der Waals surface area contributed by atoms with Crippen LogP contribution in [0.15, 0.2) is 48.7 Å². The maximum atomic E-state index is 12.4. The van der Waals surface area contributed by atoms with Crippen LogP contribution in [-0.4, -0.2) is 35.8 Å². The molecule has 0 fully saturated rings. The van der Waals surface area contributed by atoms with Crippen LogP contribution >= 0.6 is 0 Å². The lowest BCUT2D eigenvalue weighted by Crippen LogP contribution is -2.17. The molecule has 0 saturated heterocycles. The zero-order valence-corrected chi connectivity index (χ0v) is 19.8. The number of rotatable bonds is 11. The van der Waals surface area contributed by atoms with Gasteiger partial charge in [-0.25, -0.2) is 9.78 Å².